The normalized spacial score (nSPS) is 38.6. The molecule has 3 aliphatic carbocycles. The highest BCUT2D eigenvalue weighted by Gasteiger charge is 2.57. The molecule has 0 amide bonds. The standard InChI is InChI=1S/C36H54O3/c1-22-13-16-34(10,31(22,4)5)28(37)25-19-26(29(38)35(11)17-14-23(2)32(35,6)7)21-27(20-25)30(39)36(12)18-15-24(3)33(36,8)9/h19-24H,13-18H2,1-12H3/t22-,23-,24+,34+,35+,36-/m0/s1. The van der Waals surface area contributed by atoms with Gasteiger partial charge < -0.3 is 0 Å². The van der Waals surface area contributed by atoms with Gasteiger partial charge in [-0.25, -0.2) is 0 Å². The average Bonchev–Trinajstić information content (AvgIpc) is 3.33. The maximum atomic E-state index is 14.4. The molecule has 0 radical (unpaired) electrons. The molecular formula is C36H54O3. The van der Waals surface area contributed by atoms with Crippen LogP contribution in [0, 0.1) is 50.2 Å². The summed E-state index contributed by atoms with van der Waals surface area (Å²) < 4.78 is 0. The predicted octanol–water partition coefficient (Wildman–Crippen LogP) is 9.62. The minimum Gasteiger partial charge on any atom is -0.294 e. The Morgan fingerprint density at radius 2 is 0.692 bits per heavy atom. The largest absolute Gasteiger partial charge is 0.294 e. The lowest BCUT2D eigenvalue weighted by Gasteiger charge is -2.41. The third-order valence-corrected chi connectivity index (χ3v) is 14.4. The summed E-state index contributed by atoms with van der Waals surface area (Å²) in [5.41, 5.74) is -0.510. The maximum Gasteiger partial charge on any atom is 0.169 e. The molecule has 0 saturated heterocycles. The van der Waals surface area contributed by atoms with Crippen molar-refractivity contribution < 1.29 is 14.4 Å². The second-order valence-corrected chi connectivity index (χ2v) is 16.3. The van der Waals surface area contributed by atoms with E-state index >= 15 is 0 Å². The summed E-state index contributed by atoms with van der Waals surface area (Å²) in [5.74, 6) is 1.52. The van der Waals surface area contributed by atoms with Crippen molar-refractivity contribution in [3.63, 3.8) is 0 Å². The lowest BCUT2D eigenvalue weighted by Crippen LogP contribution is -2.42. The highest BCUT2D eigenvalue weighted by Crippen LogP contribution is 2.60. The predicted molar refractivity (Wildman–Crippen MR) is 160 cm³/mol. The Labute approximate surface area is 238 Å². The second-order valence-electron chi connectivity index (χ2n) is 16.3. The lowest BCUT2D eigenvalue weighted by atomic mass is 9.61. The molecule has 6 atom stereocenters. The minimum absolute atomic E-state index is 0.0777. The number of Topliss-reactive ketones (excluding diaryl/α,β-unsaturated/α-hetero) is 3. The van der Waals surface area contributed by atoms with Crippen molar-refractivity contribution in [1.82, 2.24) is 0 Å². The summed E-state index contributed by atoms with van der Waals surface area (Å²) in [6, 6.07) is 5.50. The van der Waals surface area contributed by atoms with E-state index < -0.39 is 16.2 Å². The van der Waals surface area contributed by atoms with E-state index in [1.165, 1.54) is 0 Å². The summed E-state index contributed by atoms with van der Waals surface area (Å²) in [4.78, 5) is 43.3. The fraction of sp³-hybridized carbons (Fsp3) is 0.750. The fourth-order valence-corrected chi connectivity index (χ4v) is 8.39. The van der Waals surface area contributed by atoms with E-state index in [0.717, 1.165) is 38.5 Å². The van der Waals surface area contributed by atoms with Crippen molar-refractivity contribution >= 4 is 17.3 Å². The van der Waals surface area contributed by atoms with Crippen LogP contribution in [0.5, 0.6) is 0 Å². The minimum atomic E-state index is -0.537. The van der Waals surface area contributed by atoms with E-state index in [0.29, 0.717) is 34.4 Å². The molecule has 4 rings (SSSR count). The summed E-state index contributed by atoms with van der Waals surface area (Å²) in [7, 11) is 0. The van der Waals surface area contributed by atoms with Crippen LogP contribution in [0.2, 0.25) is 0 Å². The quantitative estimate of drug-likeness (QED) is 0.341. The van der Waals surface area contributed by atoms with Crippen LogP contribution < -0.4 is 0 Å². The van der Waals surface area contributed by atoms with Crippen LogP contribution >= 0.6 is 0 Å². The van der Waals surface area contributed by atoms with Crippen LogP contribution in [0.25, 0.3) is 0 Å². The molecule has 1 aromatic carbocycles. The van der Waals surface area contributed by atoms with Crippen molar-refractivity contribution in [2.45, 2.75) is 122 Å². The van der Waals surface area contributed by atoms with E-state index in [9.17, 15) is 14.4 Å². The van der Waals surface area contributed by atoms with E-state index in [1.807, 2.05) is 18.2 Å². The van der Waals surface area contributed by atoms with Gasteiger partial charge in [0.2, 0.25) is 0 Å². The van der Waals surface area contributed by atoms with Gasteiger partial charge in [-0.2, -0.15) is 0 Å². The highest BCUT2D eigenvalue weighted by atomic mass is 16.1. The fourth-order valence-electron chi connectivity index (χ4n) is 8.39. The number of benzene rings is 1. The molecule has 0 aliphatic heterocycles. The molecule has 3 heteroatoms. The first kappa shape index (κ1) is 30.2. The highest BCUT2D eigenvalue weighted by molar-refractivity contribution is 6.10. The van der Waals surface area contributed by atoms with Gasteiger partial charge in [-0.05, 0) is 90.7 Å². The Kier molecular flexibility index (Phi) is 7.06. The van der Waals surface area contributed by atoms with E-state index in [-0.39, 0.29) is 33.6 Å². The first-order chi connectivity index (χ1) is 17.7. The molecule has 0 N–H and O–H groups in total. The van der Waals surface area contributed by atoms with Crippen LogP contribution in [0.3, 0.4) is 0 Å². The van der Waals surface area contributed by atoms with Crippen molar-refractivity contribution in [1.29, 1.82) is 0 Å². The number of rotatable bonds is 6. The van der Waals surface area contributed by atoms with Crippen LogP contribution in [-0.4, -0.2) is 17.3 Å². The Morgan fingerprint density at radius 1 is 0.487 bits per heavy atom. The number of hydrogen-bond acceptors (Lipinski definition) is 3. The zero-order valence-corrected chi connectivity index (χ0v) is 26.9. The van der Waals surface area contributed by atoms with Gasteiger partial charge in [0.25, 0.3) is 0 Å². The number of hydrogen-bond donors (Lipinski definition) is 0. The second kappa shape index (κ2) is 9.12. The molecule has 3 saturated carbocycles. The van der Waals surface area contributed by atoms with Gasteiger partial charge in [0, 0.05) is 32.9 Å². The average molecular weight is 535 g/mol. The van der Waals surface area contributed by atoms with Crippen molar-refractivity contribution in [3.05, 3.63) is 34.9 Å². The Hall–Kier alpha value is -1.77. The van der Waals surface area contributed by atoms with E-state index in [4.69, 9.17) is 0 Å². The molecule has 0 heterocycles. The van der Waals surface area contributed by atoms with Gasteiger partial charge in [-0.1, -0.05) is 83.1 Å². The van der Waals surface area contributed by atoms with E-state index in [2.05, 4.69) is 83.1 Å². The third-order valence-electron chi connectivity index (χ3n) is 14.4. The molecule has 3 fully saturated rings. The molecule has 0 aromatic heterocycles. The Morgan fingerprint density at radius 3 is 0.846 bits per heavy atom. The SMILES string of the molecule is C[C@@H]1CC[C@@](C)(C(=O)c2cc(C(=O)[C@@]3(C)CC[C@H](C)C3(C)C)cc(C(=O)[C@@]3(C)CC[C@H](C)C3(C)C)c2)C1(C)C. The van der Waals surface area contributed by atoms with Crippen LogP contribution in [0.15, 0.2) is 18.2 Å². The zero-order valence-electron chi connectivity index (χ0n) is 26.9. The van der Waals surface area contributed by atoms with Gasteiger partial charge in [-0.3, -0.25) is 14.4 Å². The summed E-state index contributed by atoms with van der Waals surface area (Å²) in [6.45, 7) is 26.2. The molecule has 3 nitrogen and oxygen atoms in total. The monoisotopic (exact) mass is 534 g/mol. The lowest BCUT2D eigenvalue weighted by molar-refractivity contribution is 0.0539. The maximum absolute atomic E-state index is 14.4. The molecule has 216 valence electrons. The van der Waals surface area contributed by atoms with Gasteiger partial charge in [0.15, 0.2) is 17.3 Å². The molecule has 0 unspecified atom stereocenters. The number of ketones is 3. The third kappa shape index (κ3) is 3.98. The first-order valence-corrected chi connectivity index (χ1v) is 15.5. The Bertz CT molecular complexity index is 1040. The first-order valence-electron chi connectivity index (χ1n) is 15.5. The summed E-state index contributed by atoms with van der Waals surface area (Å²) in [6.07, 6.45) is 5.50. The van der Waals surface area contributed by atoms with Crippen molar-refractivity contribution in [2.75, 3.05) is 0 Å². The number of carbonyl (C=O) groups excluding carboxylic acids is 3. The number of carbonyl (C=O) groups is 3. The van der Waals surface area contributed by atoms with Crippen molar-refractivity contribution in [2.24, 2.45) is 50.2 Å². The smallest absolute Gasteiger partial charge is 0.169 e. The van der Waals surface area contributed by atoms with E-state index in [1.54, 1.807) is 0 Å². The van der Waals surface area contributed by atoms with Crippen LogP contribution in [0.4, 0.5) is 0 Å². The van der Waals surface area contributed by atoms with Gasteiger partial charge in [0.1, 0.15) is 0 Å². The van der Waals surface area contributed by atoms with Crippen LogP contribution in [0.1, 0.15) is 153 Å². The molecular weight excluding hydrogens is 480 g/mol. The summed E-state index contributed by atoms with van der Waals surface area (Å²) >= 11 is 0. The Balaban J connectivity index is 1.88. The zero-order chi connectivity index (χ0) is 29.6. The van der Waals surface area contributed by atoms with Gasteiger partial charge in [-0.15, -0.1) is 0 Å². The van der Waals surface area contributed by atoms with Gasteiger partial charge in [0.05, 0.1) is 0 Å². The molecule has 1 aromatic rings. The molecule has 39 heavy (non-hydrogen) atoms. The molecule has 0 spiro atoms. The van der Waals surface area contributed by atoms with Crippen LogP contribution in [-0.2, 0) is 0 Å². The molecule has 0 bridgehead atoms. The topological polar surface area (TPSA) is 51.2 Å². The molecule has 3 aliphatic rings. The van der Waals surface area contributed by atoms with Gasteiger partial charge >= 0.3 is 0 Å². The van der Waals surface area contributed by atoms with Crippen molar-refractivity contribution in [3.8, 4) is 0 Å². The summed E-state index contributed by atoms with van der Waals surface area (Å²) in [5, 5.41) is 0.